The molecule has 0 bridgehead atoms. The number of carboxylic acids is 1. The van der Waals surface area contributed by atoms with Gasteiger partial charge in [-0.25, -0.2) is 0 Å². The standard InChI is InChI=1S/C12H15N3O4S/c1-6-3-8(7(2)18-6)11-15-14-10(19-11)5-20-4-9(13)12(16)17/h3,9H,4-5,13H2,1-2H3,(H,16,17). The van der Waals surface area contributed by atoms with Crippen molar-refractivity contribution in [2.75, 3.05) is 5.75 Å². The number of aliphatic carboxylic acids is 1. The van der Waals surface area contributed by atoms with Crippen LogP contribution in [0.1, 0.15) is 17.4 Å². The van der Waals surface area contributed by atoms with Gasteiger partial charge in [-0.05, 0) is 19.9 Å². The Labute approximate surface area is 119 Å². The number of carbonyl (C=O) groups is 1. The van der Waals surface area contributed by atoms with Gasteiger partial charge in [0.15, 0.2) is 0 Å². The highest BCUT2D eigenvalue weighted by Gasteiger charge is 2.16. The van der Waals surface area contributed by atoms with Crippen LogP contribution in [-0.2, 0) is 10.5 Å². The number of rotatable bonds is 6. The van der Waals surface area contributed by atoms with E-state index in [4.69, 9.17) is 19.7 Å². The first-order valence-electron chi connectivity index (χ1n) is 5.93. The second kappa shape index (κ2) is 6.10. The van der Waals surface area contributed by atoms with E-state index in [1.807, 2.05) is 19.9 Å². The van der Waals surface area contributed by atoms with Crippen LogP contribution < -0.4 is 5.73 Å². The van der Waals surface area contributed by atoms with E-state index in [1.54, 1.807) is 0 Å². The highest BCUT2D eigenvalue weighted by atomic mass is 32.2. The highest BCUT2D eigenvalue weighted by Crippen LogP contribution is 2.26. The van der Waals surface area contributed by atoms with Gasteiger partial charge in [0.2, 0.25) is 5.89 Å². The summed E-state index contributed by atoms with van der Waals surface area (Å²) in [6.45, 7) is 3.67. The largest absolute Gasteiger partial charge is 0.480 e. The Bertz CT molecular complexity index is 608. The summed E-state index contributed by atoms with van der Waals surface area (Å²) in [7, 11) is 0. The monoisotopic (exact) mass is 297 g/mol. The molecule has 0 spiro atoms. The van der Waals surface area contributed by atoms with Gasteiger partial charge in [0.1, 0.15) is 17.6 Å². The highest BCUT2D eigenvalue weighted by molar-refractivity contribution is 7.98. The van der Waals surface area contributed by atoms with Crippen molar-refractivity contribution in [3.05, 3.63) is 23.5 Å². The molecule has 0 radical (unpaired) electrons. The van der Waals surface area contributed by atoms with E-state index >= 15 is 0 Å². The number of aromatic nitrogens is 2. The lowest BCUT2D eigenvalue weighted by Crippen LogP contribution is -2.32. The molecule has 7 nitrogen and oxygen atoms in total. The summed E-state index contributed by atoms with van der Waals surface area (Å²) in [5.74, 6) is 2.02. The third-order valence-corrected chi connectivity index (χ3v) is 3.62. The Morgan fingerprint density at radius 3 is 2.80 bits per heavy atom. The molecule has 0 fully saturated rings. The van der Waals surface area contributed by atoms with Gasteiger partial charge in [0, 0.05) is 5.75 Å². The molecule has 1 unspecified atom stereocenters. The average Bonchev–Trinajstić information content (AvgIpc) is 2.95. The van der Waals surface area contributed by atoms with Gasteiger partial charge < -0.3 is 19.7 Å². The zero-order valence-electron chi connectivity index (χ0n) is 11.1. The van der Waals surface area contributed by atoms with Gasteiger partial charge >= 0.3 is 5.97 Å². The lowest BCUT2D eigenvalue weighted by molar-refractivity contribution is -0.137. The number of nitrogens with zero attached hydrogens (tertiary/aromatic N) is 2. The van der Waals surface area contributed by atoms with Crippen molar-refractivity contribution in [3.8, 4) is 11.5 Å². The fourth-order valence-corrected chi connectivity index (χ4v) is 2.41. The average molecular weight is 297 g/mol. The van der Waals surface area contributed by atoms with E-state index in [9.17, 15) is 4.79 Å². The van der Waals surface area contributed by atoms with E-state index in [2.05, 4.69) is 10.2 Å². The first kappa shape index (κ1) is 14.6. The lowest BCUT2D eigenvalue weighted by atomic mass is 10.2. The maximum absolute atomic E-state index is 10.6. The predicted molar refractivity (Wildman–Crippen MR) is 73.2 cm³/mol. The summed E-state index contributed by atoms with van der Waals surface area (Å²) in [6.07, 6.45) is 0. The van der Waals surface area contributed by atoms with Gasteiger partial charge in [0.05, 0.1) is 11.3 Å². The van der Waals surface area contributed by atoms with Crippen LogP contribution in [0.15, 0.2) is 14.9 Å². The molecule has 0 aliphatic rings. The molecule has 0 aliphatic heterocycles. The van der Waals surface area contributed by atoms with Crippen molar-refractivity contribution in [1.29, 1.82) is 0 Å². The zero-order chi connectivity index (χ0) is 14.7. The van der Waals surface area contributed by atoms with Crippen molar-refractivity contribution >= 4 is 17.7 Å². The van der Waals surface area contributed by atoms with Gasteiger partial charge in [-0.2, -0.15) is 0 Å². The second-order valence-electron chi connectivity index (χ2n) is 4.29. The molecule has 2 heterocycles. The number of hydrogen-bond acceptors (Lipinski definition) is 7. The van der Waals surface area contributed by atoms with Crippen LogP contribution in [0.3, 0.4) is 0 Å². The van der Waals surface area contributed by atoms with Gasteiger partial charge in [-0.3, -0.25) is 4.79 Å². The van der Waals surface area contributed by atoms with Crippen LogP contribution in [0, 0.1) is 13.8 Å². The molecule has 0 saturated carbocycles. The van der Waals surface area contributed by atoms with Crippen LogP contribution in [-0.4, -0.2) is 33.1 Å². The minimum Gasteiger partial charge on any atom is -0.480 e. The number of carboxylic acid groups (broad SMARTS) is 1. The van der Waals surface area contributed by atoms with Gasteiger partial charge in [-0.1, -0.05) is 0 Å². The normalized spacial score (nSPS) is 12.6. The molecule has 2 aromatic rings. The maximum atomic E-state index is 10.6. The number of nitrogens with two attached hydrogens (primary N) is 1. The van der Waals surface area contributed by atoms with E-state index < -0.39 is 12.0 Å². The summed E-state index contributed by atoms with van der Waals surface area (Å²) in [6, 6.07) is 0.946. The van der Waals surface area contributed by atoms with Crippen molar-refractivity contribution in [3.63, 3.8) is 0 Å². The Hall–Kier alpha value is -1.80. The van der Waals surface area contributed by atoms with Crippen LogP contribution in [0.25, 0.3) is 11.5 Å². The molecule has 1 atom stereocenters. The molecule has 0 aromatic carbocycles. The molecule has 108 valence electrons. The molecular formula is C12H15N3O4S. The molecule has 2 rings (SSSR count). The number of thioether (sulfide) groups is 1. The molecule has 8 heteroatoms. The first-order valence-corrected chi connectivity index (χ1v) is 7.08. The summed E-state index contributed by atoms with van der Waals surface area (Å²) >= 11 is 1.34. The smallest absolute Gasteiger partial charge is 0.321 e. The zero-order valence-corrected chi connectivity index (χ0v) is 11.9. The molecule has 2 aromatic heterocycles. The van der Waals surface area contributed by atoms with Crippen LogP contribution in [0.5, 0.6) is 0 Å². The molecule has 0 aliphatic carbocycles. The summed E-state index contributed by atoms with van der Waals surface area (Å²) in [4.78, 5) is 10.6. The maximum Gasteiger partial charge on any atom is 0.321 e. The summed E-state index contributed by atoms with van der Waals surface area (Å²) in [5, 5.41) is 16.5. The van der Waals surface area contributed by atoms with Crippen molar-refractivity contribution in [2.45, 2.75) is 25.6 Å². The molecular weight excluding hydrogens is 282 g/mol. The number of aryl methyl sites for hydroxylation is 2. The van der Waals surface area contributed by atoms with E-state index in [1.165, 1.54) is 11.8 Å². The molecule has 20 heavy (non-hydrogen) atoms. The Morgan fingerprint density at radius 1 is 1.45 bits per heavy atom. The van der Waals surface area contributed by atoms with E-state index in [0.717, 1.165) is 17.1 Å². The minimum absolute atomic E-state index is 0.289. The Morgan fingerprint density at radius 2 is 2.20 bits per heavy atom. The third kappa shape index (κ3) is 3.40. The summed E-state index contributed by atoms with van der Waals surface area (Å²) in [5.41, 5.74) is 6.17. The SMILES string of the molecule is Cc1cc(-c2nnc(CSCC(N)C(=O)O)o2)c(C)o1. The van der Waals surface area contributed by atoms with Crippen molar-refractivity contribution in [1.82, 2.24) is 10.2 Å². The fraction of sp³-hybridized carbons (Fsp3) is 0.417. The second-order valence-corrected chi connectivity index (χ2v) is 5.32. The topological polar surface area (TPSA) is 115 Å². The van der Waals surface area contributed by atoms with Crippen molar-refractivity contribution < 1.29 is 18.7 Å². The number of hydrogen-bond donors (Lipinski definition) is 2. The lowest BCUT2D eigenvalue weighted by Gasteiger charge is -2.03. The molecule has 0 amide bonds. The van der Waals surface area contributed by atoms with Crippen molar-refractivity contribution in [2.24, 2.45) is 5.73 Å². The first-order chi connectivity index (χ1) is 9.47. The predicted octanol–water partition coefficient (Wildman–Crippen LogP) is 1.59. The molecule has 0 saturated heterocycles. The summed E-state index contributed by atoms with van der Waals surface area (Å²) < 4.78 is 10.9. The van der Waals surface area contributed by atoms with E-state index in [0.29, 0.717) is 17.5 Å². The van der Waals surface area contributed by atoms with Gasteiger partial charge in [0.25, 0.3) is 5.89 Å². The minimum atomic E-state index is -1.02. The third-order valence-electron chi connectivity index (χ3n) is 2.58. The molecule has 3 N–H and O–H groups in total. The quantitative estimate of drug-likeness (QED) is 0.825. The Kier molecular flexibility index (Phi) is 4.46. The van der Waals surface area contributed by atoms with Crippen LogP contribution in [0.4, 0.5) is 0 Å². The van der Waals surface area contributed by atoms with Gasteiger partial charge in [-0.15, -0.1) is 22.0 Å². The van der Waals surface area contributed by atoms with Crippen LogP contribution >= 0.6 is 11.8 Å². The fourth-order valence-electron chi connectivity index (χ4n) is 1.61. The Balaban J connectivity index is 1.96. The van der Waals surface area contributed by atoms with Crippen LogP contribution in [0.2, 0.25) is 0 Å². The number of furan rings is 1. The van der Waals surface area contributed by atoms with E-state index in [-0.39, 0.29) is 5.75 Å².